The van der Waals surface area contributed by atoms with Gasteiger partial charge in [0.2, 0.25) is 5.95 Å². The number of carbonyl (C=O) groups excluding carboxylic acids is 2. The second-order valence-electron chi connectivity index (χ2n) is 16.9. The molecule has 1 aliphatic carbocycles. The molecule has 1 aromatic carbocycles. The lowest BCUT2D eigenvalue weighted by molar-refractivity contribution is 0.0429. The Morgan fingerprint density at radius 3 is 2.25 bits per heavy atom. The van der Waals surface area contributed by atoms with Crippen LogP contribution in [-0.4, -0.2) is 65.1 Å². The minimum atomic E-state index is -1.26. The molecule has 55 heavy (non-hydrogen) atoms. The van der Waals surface area contributed by atoms with Gasteiger partial charge in [-0.1, -0.05) is 47.6 Å². The molecule has 12 nitrogen and oxygen atoms in total. The SMILES string of the molecule is CC(C)(C)OC(=O)N(C(=O)OC(C)(C)C)c1nccc(Sc2c(CF)nc(N3CCC4(CC3)Cc3ccccc3[C@H]4N[S+]([O-])C(C)(C)C)n3ccnc23)c1Cl. The maximum atomic E-state index is 15.0. The molecule has 4 aromatic rings. The fourth-order valence-corrected chi connectivity index (χ4v) is 9.15. The van der Waals surface area contributed by atoms with Crippen LogP contribution in [0.3, 0.4) is 0 Å². The number of alkyl halides is 1. The predicted molar refractivity (Wildman–Crippen MR) is 214 cm³/mol. The van der Waals surface area contributed by atoms with Crippen molar-refractivity contribution in [3.8, 4) is 0 Å². The quantitative estimate of drug-likeness (QED) is 0.179. The van der Waals surface area contributed by atoms with Gasteiger partial charge in [-0.3, -0.25) is 4.40 Å². The summed E-state index contributed by atoms with van der Waals surface area (Å²) >= 11 is 6.75. The Morgan fingerprint density at radius 1 is 1.02 bits per heavy atom. The number of hydrogen-bond donors (Lipinski definition) is 1. The second-order valence-corrected chi connectivity index (χ2v) is 20.4. The Balaban J connectivity index is 1.30. The number of imide groups is 1. The van der Waals surface area contributed by atoms with E-state index in [1.807, 2.05) is 31.2 Å². The molecular formula is C39H49ClFN7O5S2. The molecular weight excluding hydrogens is 765 g/mol. The van der Waals surface area contributed by atoms with E-state index in [0.29, 0.717) is 39.4 Å². The summed E-state index contributed by atoms with van der Waals surface area (Å²) in [5.74, 6) is 0.372. The van der Waals surface area contributed by atoms with Crippen molar-refractivity contribution in [3.63, 3.8) is 0 Å². The van der Waals surface area contributed by atoms with E-state index < -0.39 is 46.2 Å². The molecule has 0 bridgehead atoms. The highest BCUT2D eigenvalue weighted by Crippen LogP contribution is 2.53. The monoisotopic (exact) mass is 813 g/mol. The van der Waals surface area contributed by atoms with Crippen molar-refractivity contribution < 1.29 is 28.0 Å². The minimum absolute atomic E-state index is 0.0442. The van der Waals surface area contributed by atoms with Crippen LogP contribution in [0.2, 0.25) is 5.02 Å². The first-order chi connectivity index (χ1) is 25.7. The molecule has 1 N–H and O–H groups in total. The maximum Gasteiger partial charge on any atom is 0.425 e. The third kappa shape index (κ3) is 8.70. The molecule has 1 aliphatic heterocycles. The van der Waals surface area contributed by atoms with Gasteiger partial charge in [0, 0.05) is 53.4 Å². The summed E-state index contributed by atoms with van der Waals surface area (Å²) < 4.78 is 44.4. The summed E-state index contributed by atoms with van der Waals surface area (Å²) in [5.41, 5.74) is 1.09. The van der Waals surface area contributed by atoms with E-state index in [9.17, 15) is 14.1 Å². The van der Waals surface area contributed by atoms with Crippen molar-refractivity contribution in [1.29, 1.82) is 0 Å². The van der Waals surface area contributed by atoms with Crippen LogP contribution in [0.1, 0.15) is 98.0 Å². The van der Waals surface area contributed by atoms with Gasteiger partial charge >= 0.3 is 12.2 Å². The fraction of sp³-hybridized carbons (Fsp3) is 0.513. The first-order valence-corrected chi connectivity index (χ1v) is 20.6. The molecule has 6 rings (SSSR count). The number of fused-ring (bicyclic) bond motifs is 2. The average Bonchev–Trinajstić information content (AvgIpc) is 3.68. The summed E-state index contributed by atoms with van der Waals surface area (Å²) in [6.45, 7) is 16.4. The van der Waals surface area contributed by atoms with Crippen molar-refractivity contribution in [3.05, 3.63) is 70.8 Å². The maximum absolute atomic E-state index is 15.0. The molecule has 0 saturated carbocycles. The summed E-state index contributed by atoms with van der Waals surface area (Å²) in [7, 11) is 0. The lowest BCUT2D eigenvalue weighted by atomic mass is 9.73. The topological polar surface area (TPSA) is 137 Å². The standard InChI is InChI=1S/C39H49ClFN7O5S2/c1-36(2,3)52-34(49)48(35(50)53-37(4,5)6)31-28(40)27(14-17-42-31)54-29-26(23-41)44-33(47-21-18-43-32(29)47)46-19-15-39(16-20-46)22-24-12-10-11-13-25(24)30(39)45-55(51)38(7,8)9/h10-14,17-18,21,30,45H,15-16,19-20,22-23H2,1-9H3/t30-,55?/m1/s1. The molecule has 2 aliphatic rings. The zero-order chi connectivity index (χ0) is 40.1. The Labute approximate surface area is 334 Å². The molecule has 2 amide bonds. The Bertz CT molecular complexity index is 2040. The third-order valence-electron chi connectivity index (χ3n) is 9.44. The number of rotatable bonds is 7. The fourth-order valence-electron chi connectivity index (χ4n) is 6.91. The van der Waals surface area contributed by atoms with E-state index in [-0.39, 0.29) is 28.0 Å². The van der Waals surface area contributed by atoms with E-state index in [1.54, 1.807) is 60.0 Å². The number of aromatic nitrogens is 4. The normalized spacial score (nSPS) is 17.7. The minimum Gasteiger partial charge on any atom is -0.598 e. The average molecular weight is 814 g/mol. The van der Waals surface area contributed by atoms with Gasteiger partial charge in [-0.25, -0.2) is 28.9 Å². The number of amides is 2. The van der Waals surface area contributed by atoms with E-state index in [0.717, 1.165) is 31.0 Å². The zero-order valence-electron chi connectivity index (χ0n) is 32.7. The van der Waals surface area contributed by atoms with Gasteiger partial charge in [0.15, 0.2) is 11.5 Å². The summed E-state index contributed by atoms with van der Waals surface area (Å²) in [6, 6.07) is 9.94. The predicted octanol–water partition coefficient (Wildman–Crippen LogP) is 9.01. The van der Waals surface area contributed by atoms with E-state index in [2.05, 4.69) is 37.8 Å². The van der Waals surface area contributed by atoms with Crippen molar-refractivity contribution in [2.75, 3.05) is 22.9 Å². The molecule has 296 valence electrons. The summed E-state index contributed by atoms with van der Waals surface area (Å²) in [6.07, 6.45) is 5.29. The van der Waals surface area contributed by atoms with Gasteiger partial charge in [-0.15, -0.1) is 4.72 Å². The number of nitrogens with one attached hydrogen (secondary N) is 1. The zero-order valence-corrected chi connectivity index (χ0v) is 35.1. The molecule has 0 radical (unpaired) electrons. The number of hydrogen-bond acceptors (Lipinski definition) is 11. The number of halogens is 2. The van der Waals surface area contributed by atoms with Crippen molar-refractivity contribution in [2.45, 2.75) is 120 Å². The molecule has 3 aromatic heterocycles. The number of benzene rings is 1. The van der Waals surface area contributed by atoms with Crippen LogP contribution >= 0.6 is 23.4 Å². The number of pyridine rings is 1. The number of piperidine rings is 1. The van der Waals surface area contributed by atoms with Crippen molar-refractivity contribution in [1.82, 2.24) is 24.1 Å². The van der Waals surface area contributed by atoms with Crippen molar-refractivity contribution in [2.24, 2.45) is 5.41 Å². The van der Waals surface area contributed by atoms with Gasteiger partial charge in [-0.05, 0) is 98.8 Å². The van der Waals surface area contributed by atoms with Crippen LogP contribution in [0.15, 0.2) is 58.7 Å². The Kier molecular flexibility index (Phi) is 11.5. The number of imidazole rings is 1. The Morgan fingerprint density at radius 2 is 1.65 bits per heavy atom. The van der Waals surface area contributed by atoms with Crippen LogP contribution in [-0.2, 0) is 33.9 Å². The number of carbonyl (C=O) groups is 2. The highest BCUT2D eigenvalue weighted by Gasteiger charge is 2.50. The van der Waals surface area contributed by atoms with Gasteiger partial charge in [0.25, 0.3) is 0 Å². The smallest absolute Gasteiger partial charge is 0.425 e. The van der Waals surface area contributed by atoms with Gasteiger partial charge in [0.05, 0.1) is 21.7 Å². The highest BCUT2D eigenvalue weighted by atomic mass is 35.5. The van der Waals surface area contributed by atoms with Crippen LogP contribution in [0.4, 0.5) is 25.7 Å². The first-order valence-electron chi connectivity index (χ1n) is 18.2. The number of nitrogens with zero attached hydrogens (tertiary/aromatic N) is 6. The lowest BCUT2D eigenvalue weighted by Crippen LogP contribution is -2.50. The number of ether oxygens (including phenoxy) is 2. The van der Waals surface area contributed by atoms with E-state index in [1.165, 1.54) is 17.3 Å². The van der Waals surface area contributed by atoms with Crippen LogP contribution < -0.4 is 14.5 Å². The van der Waals surface area contributed by atoms with Crippen LogP contribution in [0.5, 0.6) is 0 Å². The molecule has 1 unspecified atom stereocenters. The van der Waals surface area contributed by atoms with Crippen LogP contribution in [0, 0.1) is 5.41 Å². The van der Waals surface area contributed by atoms with E-state index in [4.69, 9.17) is 26.1 Å². The largest absolute Gasteiger partial charge is 0.598 e. The molecule has 1 fully saturated rings. The number of anilines is 2. The van der Waals surface area contributed by atoms with E-state index >= 15 is 4.39 Å². The Hall–Kier alpha value is -3.63. The lowest BCUT2D eigenvalue weighted by Gasteiger charge is -2.44. The summed E-state index contributed by atoms with van der Waals surface area (Å²) in [4.78, 5) is 44.1. The molecule has 2 atom stereocenters. The van der Waals surface area contributed by atoms with Gasteiger partial charge in [-0.2, -0.15) is 4.90 Å². The molecule has 1 spiro atoms. The van der Waals surface area contributed by atoms with Crippen molar-refractivity contribution >= 4 is 64.3 Å². The summed E-state index contributed by atoms with van der Waals surface area (Å²) in [5, 5.41) is -0.0442. The molecule has 1 saturated heterocycles. The molecule has 4 heterocycles. The van der Waals surface area contributed by atoms with Gasteiger partial charge in [0.1, 0.15) is 22.6 Å². The molecule has 16 heteroatoms. The first kappa shape index (κ1) is 41.0. The highest BCUT2D eigenvalue weighted by molar-refractivity contribution is 7.99. The van der Waals surface area contributed by atoms with Crippen LogP contribution in [0.25, 0.3) is 5.65 Å². The third-order valence-corrected chi connectivity index (χ3v) is 12.7. The van der Waals surface area contributed by atoms with Gasteiger partial charge < -0.3 is 18.9 Å². The second kappa shape index (κ2) is 15.4.